The summed E-state index contributed by atoms with van der Waals surface area (Å²) in [6.07, 6.45) is 8.29. The van der Waals surface area contributed by atoms with Gasteiger partial charge in [-0.25, -0.2) is 4.39 Å². The van der Waals surface area contributed by atoms with Gasteiger partial charge in [-0.3, -0.25) is 9.69 Å². The summed E-state index contributed by atoms with van der Waals surface area (Å²) >= 11 is 1.54. The van der Waals surface area contributed by atoms with Crippen LogP contribution in [0.1, 0.15) is 18.4 Å². The molecule has 6 heteroatoms. The Balaban J connectivity index is 0.000000209. The van der Waals surface area contributed by atoms with Crippen molar-refractivity contribution in [2.75, 3.05) is 25.4 Å². The number of hydrogen-bond acceptors (Lipinski definition) is 4. The molecule has 148 valence electrons. The van der Waals surface area contributed by atoms with E-state index in [0.29, 0.717) is 12.6 Å². The molecule has 1 unspecified atom stereocenters. The summed E-state index contributed by atoms with van der Waals surface area (Å²) in [6, 6.07) is 12.8. The van der Waals surface area contributed by atoms with E-state index in [0.717, 1.165) is 47.0 Å². The van der Waals surface area contributed by atoms with E-state index in [9.17, 15) is 9.18 Å². The van der Waals surface area contributed by atoms with Crippen LogP contribution < -0.4 is 11.1 Å². The molecule has 0 spiro atoms. The lowest BCUT2D eigenvalue weighted by molar-refractivity contribution is -0.109. The second-order valence-corrected chi connectivity index (χ2v) is 7.71. The van der Waals surface area contributed by atoms with E-state index in [4.69, 9.17) is 12.2 Å². The molecule has 0 aromatic heterocycles. The average Bonchev–Trinajstić information content (AvgIpc) is 3.12. The minimum Gasteiger partial charge on any atom is -0.398 e. The van der Waals surface area contributed by atoms with Crippen molar-refractivity contribution in [3.8, 4) is 12.3 Å². The van der Waals surface area contributed by atoms with Crippen LogP contribution in [0, 0.1) is 25.1 Å². The Hall–Kier alpha value is -2.49. The Morgan fingerprint density at radius 3 is 2.75 bits per heavy atom. The molecule has 1 aliphatic heterocycles. The maximum absolute atomic E-state index is 12.7. The number of rotatable bonds is 6. The van der Waals surface area contributed by atoms with Gasteiger partial charge in [-0.2, -0.15) is 0 Å². The molecule has 1 amide bonds. The van der Waals surface area contributed by atoms with Crippen molar-refractivity contribution in [1.82, 2.24) is 10.2 Å². The first-order valence-electron chi connectivity index (χ1n) is 9.17. The molecule has 0 bridgehead atoms. The van der Waals surface area contributed by atoms with E-state index in [1.807, 2.05) is 25.1 Å². The summed E-state index contributed by atoms with van der Waals surface area (Å²) in [5.41, 5.74) is 7.80. The number of carbonyl (C=O) groups is 1. The molecule has 1 atom stereocenters. The number of hydrogen-bond donors (Lipinski definition) is 2. The summed E-state index contributed by atoms with van der Waals surface area (Å²) in [5, 5.41) is 2.69. The van der Waals surface area contributed by atoms with E-state index >= 15 is 0 Å². The lowest BCUT2D eigenvalue weighted by Gasteiger charge is -2.21. The number of aryl methyl sites for hydroxylation is 1. The monoisotopic (exact) mass is 399 g/mol. The first kappa shape index (κ1) is 21.8. The van der Waals surface area contributed by atoms with Crippen molar-refractivity contribution in [2.24, 2.45) is 0 Å². The molecule has 1 fully saturated rings. The number of likely N-dealkylation sites (tertiary alicyclic amines) is 1. The van der Waals surface area contributed by atoms with Crippen molar-refractivity contribution < 1.29 is 9.18 Å². The smallest absolute Gasteiger partial charge is 0.207 e. The normalized spacial score (nSPS) is 16.0. The predicted molar refractivity (Wildman–Crippen MR) is 114 cm³/mol. The number of nitrogens with one attached hydrogen (secondary N) is 1. The Bertz CT molecular complexity index is 804. The maximum atomic E-state index is 12.7. The molecule has 3 rings (SSSR count). The van der Waals surface area contributed by atoms with Crippen LogP contribution in [0.2, 0.25) is 0 Å². The van der Waals surface area contributed by atoms with Gasteiger partial charge in [-0.15, -0.1) is 6.42 Å². The molecule has 1 aliphatic rings. The maximum Gasteiger partial charge on any atom is 0.207 e. The third-order valence-corrected chi connectivity index (χ3v) is 5.54. The highest BCUT2D eigenvalue weighted by atomic mass is 32.2. The SMILES string of the molecule is C#CCN1CCCC1CNC=O.Cc1ccc(Sc2ccc(F)cc2)c(N)c1. The zero-order valence-corrected chi connectivity index (χ0v) is 16.8. The van der Waals surface area contributed by atoms with Crippen molar-refractivity contribution in [3.63, 3.8) is 0 Å². The molecule has 2 aromatic carbocycles. The molecule has 4 nitrogen and oxygen atoms in total. The van der Waals surface area contributed by atoms with Crippen molar-refractivity contribution in [1.29, 1.82) is 0 Å². The fourth-order valence-corrected chi connectivity index (χ4v) is 3.87. The van der Waals surface area contributed by atoms with E-state index < -0.39 is 0 Å². The largest absolute Gasteiger partial charge is 0.398 e. The number of nitrogens with zero attached hydrogens (tertiary/aromatic N) is 1. The number of halogens is 1. The van der Waals surface area contributed by atoms with E-state index in [2.05, 4.69) is 16.1 Å². The number of benzene rings is 2. The van der Waals surface area contributed by atoms with Crippen LogP contribution in [0.4, 0.5) is 10.1 Å². The second-order valence-electron chi connectivity index (χ2n) is 6.59. The van der Waals surface area contributed by atoms with E-state index in [1.54, 1.807) is 12.1 Å². The zero-order valence-electron chi connectivity index (χ0n) is 16.0. The molecule has 1 saturated heterocycles. The van der Waals surface area contributed by atoms with Crippen LogP contribution in [-0.2, 0) is 4.79 Å². The number of amides is 1. The summed E-state index contributed by atoms with van der Waals surface area (Å²) in [4.78, 5) is 14.3. The molecular formula is C22H26FN3OS. The molecule has 0 aliphatic carbocycles. The van der Waals surface area contributed by atoms with E-state index in [-0.39, 0.29) is 5.82 Å². The highest BCUT2D eigenvalue weighted by Gasteiger charge is 2.22. The molecule has 3 N–H and O–H groups in total. The number of nitrogen functional groups attached to an aromatic ring is 1. The molecule has 1 heterocycles. The Morgan fingerprint density at radius 1 is 1.36 bits per heavy atom. The quantitative estimate of drug-likeness (QED) is 0.442. The fraction of sp³-hybridized carbons (Fsp3) is 0.318. The highest BCUT2D eigenvalue weighted by Crippen LogP contribution is 2.32. The predicted octanol–water partition coefficient (Wildman–Crippen LogP) is 3.70. The third-order valence-electron chi connectivity index (χ3n) is 4.44. The summed E-state index contributed by atoms with van der Waals surface area (Å²) in [5.74, 6) is 2.40. The molecule has 0 saturated carbocycles. The van der Waals surface area contributed by atoms with Crippen molar-refractivity contribution in [2.45, 2.75) is 35.6 Å². The standard InChI is InChI=1S/C13H12FNS.C9H14N2O/c1-9-2-7-13(12(15)8-9)16-11-5-3-10(14)4-6-11;1-2-5-11-6-3-4-9(11)7-10-8-12/h2-8H,15H2,1H3;1,8-9H,3-7H2,(H,10,12). The second kappa shape index (κ2) is 11.4. The molecule has 2 aromatic rings. The number of anilines is 1. The zero-order chi connectivity index (χ0) is 20.4. The molecular weight excluding hydrogens is 373 g/mol. The first-order valence-corrected chi connectivity index (χ1v) is 9.99. The molecule has 0 radical (unpaired) electrons. The van der Waals surface area contributed by atoms with Gasteiger partial charge in [0.1, 0.15) is 5.82 Å². The van der Waals surface area contributed by atoms with Gasteiger partial charge in [0.15, 0.2) is 0 Å². The van der Waals surface area contributed by atoms with Gasteiger partial charge in [0.2, 0.25) is 6.41 Å². The highest BCUT2D eigenvalue weighted by molar-refractivity contribution is 7.99. The van der Waals surface area contributed by atoms with Crippen LogP contribution in [0.15, 0.2) is 52.3 Å². The van der Waals surface area contributed by atoms with Gasteiger partial charge >= 0.3 is 0 Å². The lowest BCUT2D eigenvalue weighted by Crippen LogP contribution is -2.37. The van der Waals surface area contributed by atoms with Crippen LogP contribution in [0.5, 0.6) is 0 Å². The van der Waals surface area contributed by atoms with Crippen LogP contribution >= 0.6 is 11.8 Å². The van der Waals surface area contributed by atoms with Crippen LogP contribution in [0.3, 0.4) is 0 Å². The van der Waals surface area contributed by atoms with Gasteiger partial charge in [0.25, 0.3) is 0 Å². The third kappa shape index (κ3) is 6.91. The number of nitrogens with two attached hydrogens (primary N) is 1. The Labute approximate surface area is 170 Å². The number of terminal acetylenes is 1. The average molecular weight is 400 g/mol. The van der Waals surface area contributed by atoms with Gasteiger partial charge in [0.05, 0.1) is 6.54 Å². The first-order chi connectivity index (χ1) is 13.5. The fourth-order valence-electron chi connectivity index (χ4n) is 3.03. The van der Waals surface area contributed by atoms with Gasteiger partial charge in [-0.05, 0) is 68.3 Å². The van der Waals surface area contributed by atoms with Crippen LogP contribution in [0.25, 0.3) is 0 Å². The summed E-state index contributed by atoms with van der Waals surface area (Å²) in [7, 11) is 0. The summed E-state index contributed by atoms with van der Waals surface area (Å²) < 4.78 is 12.7. The minimum absolute atomic E-state index is 0.221. The van der Waals surface area contributed by atoms with Gasteiger partial charge in [0, 0.05) is 28.1 Å². The van der Waals surface area contributed by atoms with Crippen molar-refractivity contribution in [3.05, 3.63) is 53.8 Å². The Morgan fingerprint density at radius 2 is 2.11 bits per heavy atom. The molecule has 28 heavy (non-hydrogen) atoms. The van der Waals surface area contributed by atoms with Gasteiger partial charge < -0.3 is 11.1 Å². The summed E-state index contributed by atoms with van der Waals surface area (Å²) in [6.45, 7) is 4.49. The van der Waals surface area contributed by atoms with E-state index in [1.165, 1.54) is 30.3 Å². The van der Waals surface area contributed by atoms with Gasteiger partial charge in [-0.1, -0.05) is 23.7 Å². The minimum atomic E-state index is -0.221. The van der Waals surface area contributed by atoms with Crippen molar-refractivity contribution >= 4 is 23.9 Å². The lowest BCUT2D eigenvalue weighted by atomic mass is 10.2. The Kier molecular flexibility index (Phi) is 8.86. The topological polar surface area (TPSA) is 58.4 Å². The van der Waals surface area contributed by atoms with Crippen LogP contribution in [-0.4, -0.2) is 37.0 Å². The number of carbonyl (C=O) groups excluding carboxylic acids is 1.